The second-order valence-corrected chi connectivity index (χ2v) is 17.8. The molecule has 0 amide bonds. The van der Waals surface area contributed by atoms with Gasteiger partial charge in [-0.1, -0.05) is 121 Å². The Balaban J connectivity index is 0.923. The van der Waals surface area contributed by atoms with Gasteiger partial charge in [0.15, 0.2) is 0 Å². The highest BCUT2D eigenvalue weighted by Crippen LogP contribution is 2.69. The van der Waals surface area contributed by atoms with Gasteiger partial charge in [-0.15, -0.1) is 0 Å². The molecule has 2 nitrogen and oxygen atoms in total. The first-order chi connectivity index (χ1) is 28.7. The minimum absolute atomic E-state index is 0.204. The lowest BCUT2D eigenvalue weighted by molar-refractivity contribution is -0.0399. The molecule has 5 aliphatic carbocycles. The van der Waals surface area contributed by atoms with E-state index in [0.717, 1.165) is 46.4 Å². The van der Waals surface area contributed by atoms with Crippen LogP contribution in [0.5, 0.6) is 0 Å². The molecule has 4 bridgehead atoms. The summed E-state index contributed by atoms with van der Waals surface area (Å²) >= 11 is 0. The van der Waals surface area contributed by atoms with Gasteiger partial charge in [-0.25, -0.2) is 0 Å². The highest BCUT2D eigenvalue weighted by molar-refractivity contribution is 6.09. The van der Waals surface area contributed by atoms with Crippen molar-refractivity contribution in [2.75, 3.05) is 4.90 Å². The van der Waals surface area contributed by atoms with Crippen LogP contribution in [-0.4, -0.2) is 4.57 Å². The van der Waals surface area contributed by atoms with Crippen LogP contribution in [0.3, 0.4) is 0 Å². The number of hydrogen-bond donors (Lipinski definition) is 0. The molecular weight excluding hydrogens is 701 g/mol. The van der Waals surface area contributed by atoms with E-state index in [1.807, 2.05) is 0 Å². The summed E-state index contributed by atoms with van der Waals surface area (Å²) in [5.41, 5.74) is 15.9. The van der Waals surface area contributed by atoms with Gasteiger partial charge < -0.3 is 9.47 Å². The van der Waals surface area contributed by atoms with Gasteiger partial charge >= 0.3 is 0 Å². The highest BCUT2D eigenvalue weighted by Gasteiger charge is 2.61. The van der Waals surface area contributed by atoms with E-state index in [-0.39, 0.29) is 5.41 Å². The van der Waals surface area contributed by atoms with Crippen LogP contribution in [0.25, 0.3) is 60.5 Å². The van der Waals surface area contributed by atoms with Crippen molar-refractivity contribution in [3.05, 3.63) is 193 Å². The zero-order valence-corrected chi connectivity index (χ0v) is 32.6. The van der Waals surface area contributed by atoms with Crippen LogP contribution in [0.2, 0.25) is 0 Å². The Kier molecular flexibility index (Phi) is 6.94. The molecule has 9 aromatic rings. The van der Waals surface area contributed by atoms with Crippen molar-refractivity contribution in [3.63, 3.8) is 0 Å². The van der Waals surface area contributed by atoms with Crippen molar-refractivity contribution in [1.82, 2.24) is 4.57 Å². The van der Waals surface area contributed by atoms with E-state index in [9.17, 15) is 0 Å². The van der Waals surface area contributed by atoms with Gasteiger partial charge in [0.2, 0.25) is 0 Å². The highest BCUT2D eigenvalue weighted by atomic mass is 15.1. The van der Waals surface area contributed by atoms with Crippen molar-refractivity contribution in [2.45, 2.75) is 37.5 Å². The Bertz CT molecular complexity index is 3010. The summed E-state index contributed by atoms with van der Waals surface area (Å²) in [7, 11) is 0. The van der Waals surface area contributed by atoms with E-state index >= 15 is 0 Å². The van der Waals surface area contributed by atoms with Crippen molar-refractivity contribution in [1.29, 1.82) is 0 Å². The molecule has 0 saturated heterocycles. The first-order valence-corrected chi connectivity index (χ1v) is 21.4. The second-order valence-electron chi connectivity index (χ2n) is 17.8. The number of rotatable bonds is 5. The van der Waals surface area contributed by atoms with E-state index < -0.39 is 0 Å². The van der Waals surface area contributed by atoms with Gasteiger partial charge in [0.1, 0.15) is 0 Å². The molecule has 0 atom stereocenters. The topological polar surface area (TPSA) is 8.17 Å². The Morgan fingerprint density at radius 2 is 1.02 bits per heavy atom. The van der Waals surface area contributed by atoms with Gasteiger partial charge in [-0.05, 0) is 161 Å². The average molecular weight is 745 g/mol. The molecule has 0 N–H and O–H groups in total. The Morgan fingerprint density at radius 1 is 0.414 bits per heavy atom. The predicted octanol–water partition coefficient (Wildman–Crippen LogP) is 14.8. The number of fused-ring (bicyclic) bond motifs is 7. The average Bonchev–Trinajstić information content (AvgIpc) is 3.76. The van der Waals surface area contributed by atoms with Gasteiger partial charge in [-0.2, -0.15) is 0 Å². The maximum absolute atomic E-state index is 2.54. The zero-order valence-electron chi connectivity index (χ0n) is 32.6. The normalized spacial score (nSPS) is 22.6. The van der Waals surface area contributed by atoms with Crippen LogP contribution >= 0.6 is 0 Å². The lowest BCUT2D eigenvalue weighted by Gasteiger charge is -2.61. The number of anilines is 3. The fourth-order valence-electron chi connectivity index (χ4n) is 12.9. The van der Waals surface area contributed by atoms with Gasteiger partial charge in [0, 0.05) is 38.9 Å². The van der Waals surface area contributed by atoms with Crippen LogP contribution < -0.4 is 4.90 Å². The number of hydrogen-bond acceptors (Lipinski definition) is 1. The molecule has 0 unspecified atom stereocenters. The quantitative estimate of drug-likeness (QED) is 0.170. The molecule has 5 aliphatic rings. The molecule has 8 aromatic carbocycles. The molecular formula is C56H44N2. The van der Waals surface area contributed by atoms with Gasteiger partial charge in [0.25, 0.3) is 0 Å². The maximum Gasteiger partial charge on any atom is 0.0541 e. The minimum Gasteiger partial charge on any atom is -0.310 e. The molecule has 4 fully saturated rings. The summed E-state index contributed by atoms with van der Waals surface area (Å²) < 4.78 is 2.41. The Morgan fingerprint density at radius 3 is 1.78 bits per heavy atom. The summed E-state index contributed by atoms with van der Waals surface area (Å²) in [6.07, 6.45) is 7.15. The maximum atomic E-state index is 2.54. The van der Waals surface area contributed by atoms with Gasteiger partial charge in [0.05, 0.1) is 11.0 Å². The van der Waals surface area contributed by atoms with Crippen LogP contribution in [-0.2, 0) is 5.41 Å². The van der Waals surface area contributed by atoms with E-state index in [1.165, 1.54) is 86.9 Å². The van der Waals surface area contributed by atoms with E-state index in [0.29, 0.717) is 0 Å². The third-order valence-electron chi connectivity index (χ3n) is 14.9. The molecule has 14 rings (SSSR count). The molecule has 4 saturated carbocycles. The molecule has 0 aliphatic heterocycles. The van der Waals surface area contributed by atoms with E-state index in [2.05, 4.69) is 191 Å². The molecule has 2 heteroatoms. The van der Waals surface area contributed by atoms with E-state index in [4.69, 9.17) is 0 Å². The fraction of sp³-hybridized carbons (Fsp3) is 0.179. The van der Waals surface area contributed by atoms with Crippen LogP contribution in [0.1, 0.15) is 43.2 Å². The monoisotopic (exact) mass is 744 g/mol. The van der Waals surface area contributed by atoms with Crippen molar-refractivity contribution in [3.8, 4) is 27.9 Å². The largest absolute Gasteiger partial charge is 0.310 e. The van der Waals surface area contributed by atoms with Gasteiger partial charge in [-0.3, -0.25) is 0 Å². The molecule has 1 heterocycles. The summed E-state index contributed by atoms with van der Waals surface area (Å²) in [4.78, 5) is 2.42. The number of nitrogens with zero attached hydrogens (tertiary/aromatic N) is 2. The minimum atomic E-state index is 0.204. The smallest absolute Gasteiger partial charge is 0.0541 e. The van der Waals surface area contributed by atoms with E-state index in [1.54, 1.807) is 11.1 Å². The predicted molar refractivity (Wildman–Crippen MR) is 242 cm³/mol. The Hall–Kier alpha value is -6.38. The molecule has 0 radical (unpaired) electrons. The number of aromatic nitrogens is 1. The molecule has 58 heavy (non-hydrogen) atoms. The fourth-order valence-corrected chi connectivity index (χ4v) is 12.9. The van der Waals surface area contributed by atoms with Crippen molar-refractivity contribution in [2.24, 2.45) is 23.7 Å². The third kappa shape index (κ3) is 4.60. The molecule has 1 spiro atoms. The summed E-state index contributed by atoms with van der Waals surface area (Å²) in [5.74, 6) is 3.47. The first-order valence-electron chi connectivity index (χ1n) is 21.4. The third-order valence-corrected chi connectivity index (χ3v) is 14.9. The SMILES string of the molecule is c1cc(N(c2ccc(-c3ccc4c(c3)-c3ccccc3C43C4CC5CC(C4)CC3C5)cc2)c2ccc3ccccc3c2)cc(-n2c3ccccc3c3ccccc32)c1. The summed E-state index contributed by atoms with van der Waals surface area (Å²) in [5, 5.41) is 5.02. The van der Waals surface area contributed by atoms with Crippen molar-refractivity contribution < 1.29 is 0 Å². The second kappa shape index (κ2) is 12.3. The number of para-hydroxylation sites is 2. The van der Waals surface area contributed by atoms with Crippen LogP contribution in [0.4, 0.5) is 17.1 Å². The van der Waals surface area contributed by atoms with Crippen LogP contribution in [0, 0.1) is 23.7 Å². The summed E-state index contributed by atoms with van der Waals surface area (Å²) in [6.45, 7) is 0. The lowest BCUT2D eigenvalue weighted by Crippen LogP contribution is -2.55. The standard InChI is InChI=1S/C56H44N2/c1-2-11-40-33-47(26-22-38(40)10-1)57(45-12-9-13-46(35-45)58-54-18-7-4-15-49(54)50-16-5-8-19-55(50)58)44-24-20-39(21-25-44)41-23-27-53-51(34-41)48-14-3-6-17-52(48)56(53)42-29-36-28-37(31-42)32-43(56)30-36/h1-27,33-37,42-43H,28-32H2. The first kappa shape index (κ1) is 32.7. The Labute approximate surface area is 340 Å². The zero-order chi connectivity index (χ0) is 38.0. The lowest BCUT2D eigenvalue weighted by atomic mass is 9.43. The molecule has 278 valence electrons. The van der Waals surface area contributed by atoms with Crippen LogP contribution in [0.15, 0.2) is 182 Å². The van der Waals surface area contributed by atoms with Crippen molar-refractivity contribution >= 4 is 49.6 Å². The molecule has 1 aromatic heterocycles. The summed E-state index contributed by atoms with van der Waals surface area (Å²) in [6, 6.07) is 68.3. The number of benzene rings is 8.